The number of nitrogens with one attached hydrogen (secondary N) is 1. The third kappa shape index (κ3) is 6.58. The highest BCUT2D eigenvalue weighted by Crippen LogP contribution is 2.37. The van der Waals surface area contributed by atoms with Gasteiger partial charge in [-0.3, -0.25) is 0 Å². The molecule has 3 atom stereocenters. The molecule has 1 aliphatic rings. The summed E-state index contributed by atoms with van der Waals surface area (Å²) >= 11 is 0. The zero-order chi connectivity index (χ0) is 15.1. The molecule has 1 N–H and O–H groups in total. The van der Waals surface area contributed by atoms with E-state index in [0.29, 0.717) is 6.10 Å². The maximum Gasteiger partial charge on any atom is 0.0519 e. The lowest BCUT2D eigenvalue weighted by molar-refractivity contribution is 0.00750. The van der Waals surface area contributed by atoms with Gasteiger partial charge in [0.25, 0.3) is 0 Å². The molecule has 0 amide bonds. The zero-order valence-electron chi connectivity index (χ0n) is 14.6. The van der Waals surface area contributed by atoms with Gasteiger partial charge in [0.1, 0.15) is 0 Å². The molecule has 0 radical (unpaired) electrons. The molecule has 0 aromatic carbocycles. The first-order valence-corrected chi connectivity index (χ1v) is 8.72. The SMILES string of the molecule is CC(C)CNCC1CCC(C(C)C)CC1COC(C)C. The molecule has 1 rings (SSSR count). The van der Waals surface area contributed by atoms with Crippen LogP contribution in [0.25, 0.3) is 0 Å². The van der Waals surface area contributed by atoms with Crippen molar-refractivity contribution in [1.29, 1.82) is 0 Å². The molecule has 0 saturated heterocycles. The smallest absolute Gasteiger partial charge is 0.0519 e. The van der Waals surface area contributed by atoms with Gasteiger partial charge < -0.3 is 10.1 Å². The van der Waals surface area contributed by atoms with Crippen LogP contribution in [0.2, 0.25) is 0 Å². The highest BCUT2D eigenvalue weighted by molar-refractivity contribution is 4.83. The molecule has 120 valence electrons. The fourth-order valence-electron chi connectivity index (χ4n) is 3.31. The Morgan fingerprint density at radius 2 is 1.70 bits per heavy atom. The van der Waals surface area contributed by atoms with Gasteiger partial charge >= 0.3 is 0 Å². The molecule has 2 nitrogen and oxygen atoms in total. The molecule has 0 aliphatic heterocycles. The van der Waals surface area contributed by atoms with E-state index in [0.717, 1.165) is 42.7 Å². The second kappa shape index (κ2) is 9.04. The van der Waals surface area contributed by atoms with Gasteiger partial charge in [0.2, 0.25) is 0 Å². The van der Waals surface area contributed by atoms with Gasteiger partial charge in [0, 0.05) is 0 Å². The van der Waals surface area contributed by atoms with E-state index in [-0.39, 0.29) is 0 Å². The van der Waals surface area contributed by atoms with Crippen molar-refractivity contribution in [1.82, 2.24) is 5.32 Å². The average Bonchev–Trinajstić information content (AvgIpc) is 2.36. The van der Waals surface area contributed by atoms with E-state index in [2.05, 4.69) is 46.9 Å². The normalized spacial score (nSPS) is 27.8. The van der Waals surface area contributed by atoms with Crippen LogP contribution in [0, 0.1) is 29.6 Å². The first kappa shape index (κ1) is 18.0. The largest absolute Gasteiger partial charge is 0.378 e. The van der Waals surface area contributed by atoms with Crippen LogP contribution >= 0.6 is 0 Å². The summed E-state index contributed by atoms with van der Waals surface area (Å²) in [4.78, 5) is 0. The van der Waals surface area contributed by atoms with Gasteiger partial charge in [-0.05, 0) is 75.8 Å². The molecule has 0 heterocycles. The van der Waals surface area contributed by atoms with Gasteiger partial charge in [-0.1, -0.05) is 27.7 Å². The molecular weight excluding hydrogens is 246 g/mol. The minimum Gasteiger partial charge on any atom is -0.378 e. The van der Waals surface area contributed by atoms with Gasteiger partial charge in [0.15, 0.2) is 0 Å². The third-order valence-corrected chi connectivity index (χ3v) is 4.73. The quantitative estimate of drug-likeness (QED) is 0.715. The molecule has 0 bridgehead atoms. The first-order chi connectivity index (χ1) is 9.40. The van der Waals surface area contributed by atoms with Crippen LogP contribution in [0.5, 0.6) is 0 Å². The fourth-order valence-corrected chi connectivity index (χ4v) is 3.31. The Kier molecular flexibility index (Phi) is 8.13. The summed E-state index contributed by atoms with van der Waals surface area (Å²) in [5.41, 5.74) is 0. The van der Waals surface area contributed by atoms with Crippen LogP contribution in [0.3, 0.4) is 0 Å². The van der Waals surface area contributed by atoms with E-state index in [4.69, 9.17) is 4.74 Å². The van der Waals surface area contributed by atoms with E-state index in [1.165, 1.54) is 25.8 Å². The van der Waals surface area contributed by atoms with Crippen LogP contribution in [-0.2, 0) is 4.74 Å². The topological polar surface area (TPSA) is 21.3 Å². The van der Waals surface area contributed by atoms with Crippen molar-refractivity contribution in [2.75, 3.05) is 19.7 Å². The Morgan fingerprint density at radius 3 is 2.25 bits per heavy atom. The lowest BCUT2D eigenvalue weighted by atomic mass is 9.71. The van der Waals surface area contributed by atoms with Gasteiger partial charge in [0.05, 0.1) is 12.7 Å². The van der Waals surface area contributed by atoms with Crippen molar-refractivity contribution in [3.8, 4) is 0 Å². The Hall–Kier alpha value is -0.0800. The van der Waals surface area contributed by atoms with E-state index in [9.17, 15) is 0 Å². The summed E-state index contributed by atoms with van der Waals surface area (Å²) in [5, 5.41) is 3.66. The second-order valence-corrected chi connectivity index (χ2v) is 7.77. The Morgan fingerprint density at radius 1 is 1.00 bits per heavy atom. The number of hydrogen-bond acceptors (Lipinski definition) is 2. The second-order valence-electron chi connectivity index (χ2n) is 7.77. The molecule has 0 aromatic rings. The number of ether oxygens (including phenoxy) is 1. The highest BCUT2D eigenvalue weighted by atomic mass is 16.5. The Labute approximate surface area is 127 Å². The predicted molar refractivity (Wildman–Crippen MR) is 88.0 cm³/mol. The summed E-state index contributed by atoms with van der Waals surface area (Å²) < 4.78 is 5.94. The molecule has 0 spiro atoms. The van der Waals surface area contributed by atoms with Crippen molar-refractivity contribution < 1.29 is 4.74 Å². The number of rotatable bonds is 8. The van der Waals surface area contributed by atoms with E-state index >= 15 is 0 Å². The van der Waals surface area contributed by atoms with Crippen LogP contribution in [0.4, 0.5) is 0 Å². The van der Waals surface area contributed by atoms with Crippen molar-refractivity contribution in [2.45, 2.75) is 66.9 Å². The van der Waals surface area contributed by atoms with Crippen molar-refractivity contribution in [3.05, 3.63) is 0 Å². The summed E-state index contributed by atoms with van der Waals surface area (Å²) in [6.07, 6.45) is 4.50. The maximum absolute atomic E-state index is 5.94. The van der Waals surface area contributed by atoms with Crippen molar-refractivity contribution in [3.63, 3.8) is 0 Å². The maximum atomic E-state index is 5.94. The molecule has 2 heteroatoms. The van der Waals surface area contributed by atoms with Crippen LogP contribution < -0.4 is 5.32 Å². The summed E-state index contributed by atoms with van der Waals surface area (Å²) in [5.74, 6) is 4.02. The molecule has 3 unspecified atom stereocenters. The van der Waals surface area contributed by atoms with E-state index in [1.807, 2.05) is 0 Å². The summed E-state index contributed by atoms with van der Waals surface area (Å²) in [6, 6.07) is 0. The van der Waals surface area contributed by atoms with E-state index in [1.54, 1.807) is 0 Å². The Balaban J connectivity index is 2.47. The minimum atomic E-state index is 0.360. The fraction of sp³-hybridized carbons (Fsp3) is 1.00. The Bertz CT molecular complexity index is 248. The summed E-state index contributed by atoms with van der Waals surface area (Å²) in [6.45, 7) is 16.9. The third-order valence-electron chi connectivity index (χ3n) is 4.73. The molecule has 1 aliphatic carbocycles. The zero-order valence-corrected chi connectivity index (χ0v) is 14.6. The lowest BCUT2D eigenvalue weighted by Crippen LogP contribution is -2.37. The van der Waals surface area contributed by atoms with Crippen LogP contribution in [-0.4, -0.2) is 25.8 Å². The average molecular weight is 284 g/mol. The molecule has 20 heavy (non-hydrogen) atoms. The van der Waals surface area contributed by atoms with Gasteiger partial charge in [-0.25, -0.2) is 0 Å². The van der Waals surface area contributed by atoms with Gasteiger partial charge in [-0.2, -0.15) is 0 Å². The van der Waals surface area contributed by atoms with Crippen LogP contribution in [0.1, 0.15) is 60.8 Å². The van der Waals surface area contributed by atoms with Crippen LogP contribution in [0.15, 0.2) is 0 Å². The number of hydrogen-bond donors (Lipinski definition) is 1. The highest BCUT2D eigenvalue weighted by Gasteiger charge is 2.31. The minimum absolute atomic E-state index is 0.360. The van der Waals surface area contributed by atoms with Crippen molar-refractivity contribution in [2.24, 2.45) is 29.6 Å². The standard InChI is InChI=1S/C18H37NO/c1-13(2)10-19-11-17-8-7-16(14(3)4)9-18(17)12-20-15(5)6/h13-19H,7-12H2,1-6H3. The first-order valence-electron chi connectivity index (χ1n) is 8.72. The van der Waals surface area contributed by atoms with E-state index < -0.39 is 0 Å². The molecular formula is C18H37NO. The molecule has 0 aromatic heterocycles. The molecule has 1 fully saturated rings. The predicted octanol–water partition coefficient (Wildman–Crippen LogP) is 4.35. The summed E-state index contributed by atoms with van der Waals surface area (Å²) in [7, 11) is 0. The van der Waals surface area contributed by atoms with Gasteiger partial charge in [-0.15, -0.1) is 0 Å². The monoisotopic (exact) mass is 283 g/mol. The van der Waals surface area contributed by atoms with Crippen molar-refractivity contribution >= 4 is 0 Å². The molecule has 1 saturated carbocycles. The lowest BCUT2D eigenvalue weighted by Gasteiger charge is -2.38.